The first-order valence-electron chi connectivity index (χ1n) is 8.26. The van der Waals surface area contributed by atoms with Crippen LogP contribution in [0.25, 0.3) is 0 Å². The van der Waals surface area contributed by atoms with Crippen LogP contribution in [0.5, 0.6) is 5.75 Å². The van der Waals surface area contributed by atoms with Crippen molar-refractivity contribution in [1.29, 1.82) is 0 Å². The van der Waals surface area contributed by atoms with Gasteiger partial charge in [-0.3, -0.25) is 4.99 Å². The lowest BCUT2D eigenvalue weighted by Crippen LogP contribution is -2.40. The summed E-state index contributed by atoms with van der Waals surface area (Å²) in [6.07, 6.45) is 2.36. The van der Waals surface area contributed by atoms with Gasteiger partial charge < -0.3 is 15.7 Å². The van der Waals surface area contributed by atoms with E-state index in [9.17, 15) is 9.50 Å². The normalized spacial score (nSPS) is 15.1. The lowest BCUT2D eigenvalue weighted by molar-refractivity contribution is 0.431. The Morgan fingerprint density at radius 1 is 1.19 bits per heavy atom. The second kappa shape index (κ2) is 9.45. The Labute approximate surface area is 174 Å². The van der Waals surface area contributed by atoms with Crippen LogP contribution in [0.2, 0.25) is 0 Å². The van der Waals surface area contributed by atoms with Crippen LogP contribution in [0.4, 0.5) is 4.39 Å². The quantitative estimate of drug-likeness (QED) is 0.326. The Balaban J connectivity index is 0.00000243. The van der Waals surface area contributed by atoms with E-state index in [0.29, 0.717) is 12.5 Å². The molecule has 3 N–H and O–H groups in total. The van der Waals surface area contributed by atoms with Gasteiger partial charge in [0.2, 0.25) is 0 Å². The summed E-state index contributed by atoms with van der Waals surface area (Å²) in [5, 5.41) is 15.8. The SMILES string of the molecule is CN=C(NCc1ccc(O)c(F)c1)NCC1(Sc2ccccc2)CC1.I. The Bertz CT molecular complexity index is 754. The Morgan fingerprint density at radius 2 is 1.92 bits per heavy atom. The molecule has 0 aromatic heterocycles. The van der Waals surface area contributed by atoms with E-state index in [-0.39, 0.29) is 34.5 Å². The van der Waals surface area contributed by atoms with Crippen LogP contribution in [0.1, 0.15) is 18.4 Å². The van der Waals surface area contributed by atoms with Crippen LogP contribution in [0.15, 0.2) is 58.4 Å². The maximum atomic E-state index is 13.4. The van der Waals surface area contributed by atoms with Crippen LogP contribution in [-0.4, -0.2) is 29.4 Å². The number of guanidine groups is 1. The van der Waals surface area contributed by atoms with Crippen molar-refractivity contribution in [2.45, 2.75) is 29.0 Å². The van der Waals surface area contributed by atoms with Crippen LogP contribution in [-0.2, 0) is 6.54 Å². The number of hydrogen-bond acceptors (Lipinski definition) is 3. The molecule has 140 valence electrons. The zero-order valence-corrected chi connectivity index (χ0v) is 17.7. The standard InChI is InChI=1S/C19H22FN3OS.HI/c1-21-18(22-12-14-7-8-17(24)16(20)11-14)23-13-19(9-10-19)25-15-5-3-2-4-6-15;/h2-8,11,24H,9-10,12-13H2,1H3,(H2,21,22,23);1H. The predicted octanol–water partition coefficient (Wildman–Crippen LogP) is 4.14. The zero-order valence-electron chi connectivity index (χ0n) is 14.5. The molecule has 2 aromatic rings. The first-order valence-corrected chi connectivity index (χ1v) is 9.08. The first kappa shape index (κ1) is 20.8. The van der Waals surface area contributed by atoms with E-state index >= 15 is 0 Å². The van der Waals surface area contributed by atoms with Gasteiger partial charge in [-0.25, -0.2) is 4.39 Å². The number of aliphatic imine (C=N–C) groups is 1. The number of nitrogens with one attached hydrogen (secondary N) is 2. The second-order valence-electron chi connectivity index (χ2n) is 6.16. The van der Waals surface area contributed by atoms with Gasteiger partial charge in [-0.05, 0) is 42.7 Å². The Morgan fingerprint density at radius 3 is 2.54 bits per heavy atom. The Hall–Kier alpha value is -1.48. The van der Waals surface area contributed by atoms with Crippen molar-refractivity contribution in [3.8, 4) is 5.75 Å². The lowest BCUT2D eigenvalue weighted by Gasteiger charge is -2.18. The minimum absolute atomic E-state index is 0. The molecule has 0 heterocycles. The highest BCUT2D eigenvalue weighted by molar-refractivity contribution is 14.0. The zero-order chi connectivity index (χ0) is 17.7. The number of thioether (sulfide) groups is 1. The molecular weight excluding hydrogens is 464 g/mol. The van der Waals surface area contributed by atoms with Crippen LogP contribution in [0, 0.1) is 5.82 Å². The molecule has 4 nitrogen and oxygen atoms in total. The van der Waals surface area contributed by atoms with Crippen LogP contribution < -0.4 is 10.6 Å². The molecule has 0 unspecified atom stereocenters. The summed E-state index contributed by atoms with van der Waals surface area (Å²) in [7, 11) is 1.72. The molecule has 0 atom stereocenters. The minimum atomic E-state index is -0.613. The van der Waals surface area contributed by atoms with E-state index in [1.165, 1.54) is 29.9 Å². The summed E-state index contributed by atoms with van der Waals surface area (Å²) < 4.78 is 13.6. The third kappa shape index (κ3) is 5.77. The van der Waals surface area contributed by atoms with Gasteiger partial charge in [-0.1, -0.05) is 24.3 Å². The molecule has 26 heavy (non-hydrogen) atoms. The average Bonchev–Trinajstić information content (AvgIpc) is 3.38. The van der Waals surface area contributed by atoms with Crippen molar-refractivity contribution in [1.82, 2.24) is 10.6 Å². The fourth-order valence-electron chi connectivity index (χ4n) is 2.50. The molecule has 1 saturated carbocycles. The molecule has 3 rings (SSSR count). The monoisotopic (exact) mass is 487 g/mol. The van der Waals surface area contributed by atoms with Gasteiger partial charge in [0.15, 0.2) is 17.5 Å². The van der Waals surface area contributed by atoms with Crippen LogP contribution in [0.3, 0.4) is 0 Å². The fourth-order valence-corrected chi connectivity index (χ4v) is 3.75. The molecule has 0 saturated heterocycles. The number of nitrogens with zero attached hydrogens (tertiary/aromatic N) is 1. The summed E-state index contributed by atoms with van der Waals surface area (Å²) in [6.45, 7) is 1.27. The van der Waals surface area contributed by atoms with Gasteiger partial charge in [-0.15, -0.1) is 35.7 Å². The van der Waals surface area contributed by atoms with Gasteiger partial charge in [0, 0.05) is 29.8 Å². The predicted molar refractivity (Wildman–Crippen MR) is 116 cm³/mol. The van der Waals surface area contributed by atoms with Crippen molar-refractivity contribution in [2.24, 2.45) is 4.99 Å². The fraction of sp³-hybridized carbons (Fsp3) is 0.316. The number of benzene rings is 2. The highest BCUT2D eigenvalue weighted by atomic mass is 127. The van der Waals surface area contributed by atoms with Crippen molar-refractivity contribution >= 4 is 41.7 Å². The molecular formula is C19H23FIN3OS. The maximum absolute atomic E-state index is 13.4. The number of rotatable bonds is 6. The van der Waals surface area contributed by atoms with Gasteiger partial charge in [-0.2, -0.15) is 0 Å². The molecule has 7 heteroatoms. The molecule has 1 aliphatic rings. The summed E-state index contributed by atoms with van der Waals surface area (Å²) in [5.41, 5.74) is 0.748. The summed E-state index contributed by atoms with van der Waals surface area (Å²) in [6, 6.07) is 14.8. The highest BCUT2D eigenvalue weighted by Gasteiger charge is 2.43. The van der Waals surface area contributed by atoms with Crippen molar-refractivity contribution in [3.05, 3.63) is 59.9 Å². The summed E-state index contributed by atoms with van der Waals surface area (Å²) in [5.74, 6) is -0.258. The van der Waals surface area contributed by atoms with E-state index in [1.807, 2.05) is 17.8 Å². The molecule has 0 spiro atoms. The number of hydrogen-bond donors (Lipinski definition) is 3. The molecule has 0 aliphatic heterocycles. The number of phenols is 1. The maximum Gasteiger partial charge on any atom is 0.191 e. The number of aromatic hydroxyl groups is 1. The highest BCUT2D eigenvalue weighted by Crippen LogP contribution is 2.51. The van der Waals surface area contributed by atoms with E-state index in [1.54, 1.807) is 13.1 Å². The van der Waals surface area contributed by atoms with Gasteiger partial charge >= 0.3 is 0 Å². The summed E-state index contributed by atoms with van der Waals surface area (Å²) >= 11 is 1.90. The van der Waals surface area contributed by atoms with E-state index in [0.717, 1.165) is 12.1 Å². The third-order valence-corrected chi connectivity index (χ3v) is 5.65. The van der Waals surface area contributed by atoms with E-state index in [2.05, 4.69) is 39.9 Å². The topological polar surface area (TPSA) is 56.7 Å². The van der Waals surface area contributed by atoms with E-state index in [4.69, 9.17) is 0 Å². The smallest absolute Gasteiger partial charge is 0.191 e. The summed E-state index contributed by atoms with van der Waals surface area (Å²) in [4.78, 5) is 5.50. The van der Waals surface area contributed by atoms with Crippen molar-refractivity contribution in [3.63, 3.8) is 0 Å². The van der Waals surface area contributed by atoms with Crippen molar-refractivity contribution < 1.29 is 9.50 Å². The van der Waals surface area contributed by atoms with Gasteiger partial charge in [0.1, 0.15) is 0 Å². The van der Waals surface area contributed by atoms with Gasteiger partial charge in [0.25, 0.3) is 0 Å². The minimum Gasteiger partial charge on any atom is -0.505 e. The largest absolute Gasteiger partial charge is 0.505 e. The molecule has 1 aliphatic carbocycles. The first-order chi connectivity index (χ1) is 12.1. The van der Waals surface area contributed by atoms with Crippen LogP contribution >= 0.6 is 35.7 Å². The second-order valence-corrected chi connectivity index (χ2v) is 7.70. The molecule has 0 radical (unpaired) electrons. The molecule has 1 fully saturated rings. The van der Waals surface area contributed by atoms with E-state index < -0.39 is 5.82 Å². The third-order valence-electron chi connectivity index (χ3n) is 4.16. The van der Waals surface area contributed by atoms with Gasteiger partial charge in [0.05, 0.1) is 0 Å². The molecule has 0 amide bonds. The lowest BCUT2D eigenvalue weighted by atomic mass is 10.2. The van der Waals surface area contributed by atoms with Crippen molar-refractivity contribution in [2.75, 3.05) is 13.6 Å². The Kier molecular flexibility index (Phi) is 7.57. The molecule has 0 bridgehead atoms. The number of phenolic OH excluding ortho intramolecular Hbond substituents is 1. The molecule has 2 aromatic carbocycles. The average molecular weight is 487 g/mol. The number of halogens is 2.